The summed E-state index contributed by atoms with van der Waals surface area (Å²) in [5.41, 5.74) is -0.831. The highest BCUT2D eigenvalue weighted by atomic mass is 19.1. The molecule has 27 heavy (non-hydrogen) atoms. The Morgan fingerprint density at radius 3 is 2.56 bits per heavy atom. The fourth-order valence-corrected chi connectivity index (χ4v) is 2.37. The molecule has 6 nitrogen and oxygen atoms in total. The van der Waals surface area contributed by atoms with Crippen molar-refractivity contribution in [2.75, 3.05) is 11.9 Å². The standard InChI is InChI=1S/C19H15F2N3O3/c1-2-27-17-11-16(25)18(23-24(17)13-6-4-3-5-7-13)19(26)22-15-9-8-12(20)10-14(15)21/h3-11H,2H2,1H3,(H,22,26). The highest BCUT2D eigenvalue weighted by molar-refractivity contribution is 6.02. The molecular formula is C19H15F2N3O3. The van der Waals surface area contributed by atoms with Gasteiger partial charge in [-0.15, -0.1) is 0 Å². The van der Waals surface area contributed by atoms with Crippen molar-refractivity contribution in [1.29, 1.82) is 0 Å². The van der Waals surface area contributed by atoms with E-state index < -0.39 is 28.7 Å². The number of rotatable bonds is 5. The number of hydrogen-bond donors (Lipinski definition) is 1. The molecule has 2 aromatic carbocycles. The first kappa shape index (κ1) is 18.2. The van der Waals surface area contributed by atoms with Crippen LogP contribution in [0.2, 0.25) is 0 Å². The molecule has 3 aromatic rings. The molecule has 1 N–H and O–H groups in total. The second-order valence-corrected chi connectivity index (χ2v) is 5.45. The average molecular weight is 371 g/mol. The van der Waals surface area contributed by atoms with E-state index in [9.17, 15) is 18.4 Å². The van der Waals surface area contributed by atoms with Gasteiger partial charge in [0.2, 0.25) is 11.3 Å². The lowest BCUT2D eigenvalue weighted by Crippen LogP contribution is -2.27. The summed E-state index contributed by atoms with van der Waals surface area (Å²) in [6, 6.07) is 12.6. The zero-order valence-corrected chi connectivity index (χ0v) is 14.3. The number of nitrogens with one attached hydrogen (secondary N) is 1. The highest BCUT2D eigenvalue weighted by Gasteiger charge is 2.19. The Balaban J connectivity index is 2.02. The third-order valence-corrected chi connectivity index (χ3v) is 3.58. The van der Waals surface area contributed by atoms with Crippen LogP contribution < -0.4 is 15.5 Å². The molecule has 8 heteroatoms. The molecule has 0 aliphatic heterocycles. The van der Waals surface area contributed by atoms with Crippen LogP contribution in [-0.2, 0) is 0 Å². The second kappa shape index (κ2) is 7.77. The molecule has 0 aliphatic rings. The van der Waals surface area contributed by atoms with Gasteiger partial charge in [-0.2, -0.15) is 5.10 Å². The quantitative estimate of drug-likeness (QED) is 0.748. The van der Waals surface area contributed by atoms with Crippen LogP contribution in [0, 0.1) is 11.6 Å². The van der Waals surface area contributed by atoms with Crippen molar-refractivity contribution in [2.45, 2.75) is 6.92 Å². The topological polar surface area (TPSA) is 73.2 Å². The van der Waals surface area contributed by atoms with Crippen molar-refractivity contribution in [1.82, 2.24) is 9.78 Å². The van der Waals surface area contributed by atoms with Gasteiger partial charge in [0.05, 0.1) is 24.0 Å². The summed E-state index contributed by atoms with van der Waals surface area (Å²) in [6.07, 6.45) is 0. The molecule has 0 bridgehead atoms. The van der Waals surface area contributed by atoms with E-state index in [1.165, 1.54) is 4.68 Å². The van der Waals surface area contributed by atoms with Crippen molar-refractivity contribution in [3.8, 4) is 11.6 Å². The first-order valence-corrected chi connectivity index (χ1v) is 8.08. The summed E-state index contributed by atoms with van der Waals surface area (Å²) in [6.45, 7) is 2.04. The number of para-hydroxylation sites is 1. The zero-order chi connectivity index (χ0) is 19.4. The van der Waals surface area contributed by atoms with Crippen molar-refractivity contribution in [3.63, 3.8) is 0 Å². The smallest absolute Gasteiger partial charge is 0.280 e. The Morgan fingerprint density at radius 1 is 1.15 bits per heavy atom. The predicted molar refractivity (Wildman–Crippen MR) is 95.3 cm³/mol. The summed E-state index contributed by atoms with van der Waals surface area (Å²) < 4.78 is 33.5. The van der Waals surface area contributed by atoms with Crippen LogP contribution >= 0.6 is 0 Å². The van der Waals surface area contributed by atoms with Crippen LogP contribution in [0.1, 0.15) is 17.4 Å². The monoisotopic (exact) mass is 371 g/mol. The largest absolute Gasteiger partial charge is 0.478 e. The molecule has 0 aliphatic carbocycles. The third kappa shape index (κ3) is 4.00. The molecule has 0 spiro atoms. The summed E-state index contributed by atoms with van der Waals surface area (Å²) in [5.74, 6) is -2.50. The molecule has 0 fully saturated rings. The summed E-state index contributed by atoms with van der Waals surface area (Å²) >= 11 is 0. The van der Waals surface area contributed by atoms with Crippen LogP contribution in [-0.4, -0.2) is 22.3 Å². The van der Waals surface area contributed by atoms with Crippen LogP contribution in [0.25, 0.3) is 5.69 Å². The molecule has 0 unspecified atom stereocenters. The molecular weight excluding hydrogens is 356 g/mol. The van der Waals surface area contributed by atoms with Crippen LogP contribution in [0.4, 0.5) is 14.5 Å². The van der Waals surface area contributed by atoms with E-state index >= 15 is 0 Å². The fourth-order valence-electron chi connectivity index (χ4n) is 2.37. The molecule has 3 rings (SSSR count). The van der Waals surface area contributed by atoms with Crippen LogP contribution in [0.5, 0.6) is 5.88 Å². The third-order valence-electron chi connectivity index (χ3n) is 3.58. The number of halogens is 2. The molecule has 1 aromatic heterocycles. The van der Waals surface area contributed by atoms with Crippen LogP contribution in [0.15, 0.2) is 59.4 Å². The molecule has 0 atom stereocenters. The molecule has 0 saturated carbocycles. The average Bonchev–Trinajstić information content (AvgIpc) is 2.65. The van der Waals surface area contributed by atoms with E-state index in [1.807, 2.05) is 0 Å². The van der Waals surface area contributed by atoms with Gasteiger partial charge in [-0.1, -0.05) is 18.2 Å². The van der Waals surface area contributed by atoms with Gasteiger partial charge in [0.25, 0.3) is 5.91 Å². The Bertz CT molecular complexity index is 1040. The zero-order valence-electron chi connectivity index (χ0n) is 14.3. The number of amides is 1. The minimum absolute atomic E-state index is 0.165. The number of carbonyl (C=O) groups excluding carboxylic acids is 1. The van der Waals surface area contributed by atoms with Gasteiger partial charge in [0.15, 0.2) is 5.69 Å². The predicted octanol–water partition coefficient (Wildman–Crippen LogP) is 3.16. The van der Waals surface area contributed by atoms with E-state index in [2.05, 4.69) is 10.4 Å². The van der Waals surface area contributed by atoms with Gasteiger partial charge in [-0.05, 0) is 31.2 Å². The van der Waals surface area contributed by atoms with Gasteiger partial charge < -0.3 is 10.1 Å². The van der Waals surface area contributed by atoms with Crippen molar-refractivity contribution < 1.29 is 18.3 Å². The van der Waals surface area contributed by atoms with E-state index in [1.54, 1.807) is 37.3 Å². The van der Waals surface area contributed by atoms with Crippen molar-refractivity contribution >= 4 is 11.6 Å². The summed E-state index contributed by atoms with van der Waals surface area (Å²) in [7, 11) is 0. The number of benzene rings is 2. The molecule has 1 heterocycles. The van der Waals surface area contributed by atoms with Crippen LogP contribution in [0.3, 0.4) is 0 Å². The Labute approximate surface area is 153 Å². The maximum atomic E-state index is 13.8. The Kier molecular flexibility index (Phi) is 5.25. The summed E-state index contributed by atoms with van der Waals surface area (Å²) in [4.78, 5) is 24.7. The number of ether oxygens (including phenoxy) is 1. The number of nitrogens with zero attached hydrogens (tertiary/aromatic N) is 2. The van der Waals surface area contributed by atoms with Gasteiger partial charge in [-0.25, -0.2) is 13.5 Å². The number of anilines is 1. The normalized spacial score (nSPS) is 10.5. The number of hydrogen-bond acceptors (Lipinski definition) is 4. The Morgan fingerprint density at radius 2 is 1.89 bits per heavy atom. The minimum Gasteiger partial charge on any atom is -0.478 e. The highest BCUT2D eigenvalue weighted by Crippen LogP contribution is 2.17. The summed E-state index contributed by atoms with van der Waals surface area (Å²) in [5, 5.41) is 6.30. The maximum absolute atomic E-state index is 13.8. The van der Waals surface area contributed by atoms with Crippen molar-refractivity contribution in [3.05, 3.63) is 82.1 Å². The van der Waals surface area contributed by atoms with E-state index in [4.69, 9.17) is 4.74 Å². The molecule has 0 radical (unpaired) electrons. The fraction of sp³-hybridized carbons (Fsp3) is 0.105. The molecule has 1 amide bonds. The molecule has 138 valence electrons. The second-order valence-electron chi connectivity index (χ2n) is 5.45. The lowest BCUT2D eigenvalue weighted by molar-refractivity contribution is 0.101. The maximum Gasteiger partial charge on any atom is 0.280 e. The SMILES string of the molecule is CCOc1cc(=O)c(C(=O)Nc2ccc(F)cc2F)nn1-c1ccccc1. The van der Waals surface area contributed by atoms with Gasteiger partial charge >= 0.3 is 0 Å². The van der Waals surface area contributed by atoms with E-state index in [0.29, 0.717) is 18.4 Å². The van der Waals surface area contributed by atoms with Gasteiger partial charge in [0.1, 0.15) is 11.6 Å². The number of carbonyl (C=O) groups is 1. The lowest BCUT2D eigenvalue weighted by atomic mass is 10.2. The van der Waals surface area contributed by atoms with E-state index in [-0.39, 0.29) is 11.6 Å². The van der Waals surface area contributed by atoms with E-state index in [0.717, 1.165) is 18.2 Å². The Hall–Kier alpha value is -3.55. The number of aromatic nitrogens is 2. The first-order valence-electron chi connectivity index (χ1n) is 8.08. The first-order chi connectivity index (χ1) is 13.0. The molecule has 0 saturated heterocycles. The lowest BCUT2D eigenvalue weighted by Gasteiger charge is -2.13. The van der Waals surface area contributed by atoms with Gasteiger partial charge in [-0.3, -0.25) is 9.59 Å². The minimum atomic E-state index is -0.960. The van der Waals surface area contributed by atoms with Gasteiger partial charge in [0, 0.05) is 6.07 Å². The van der Waals surface area contributed by atoms with Crippen molar-refractivity contribution in [2.24, 2.45) is 0 Å².